The van der Waals surface area contributed by atoms with Gasteiger partial charge in [0, 0.05) is 24.3 Å². The molecule has 1 saturated heterocycles. The second-order valence-corrected chi connectivity index (χ2v) is 13.2. The van der Waals surface area contributed by atoms with Gasteiger partial charge in [0.05, 0.1) is 28.4 Å². The fourth-order valence-electron chi connectivity index (χ4n) is 4.74. The van der Waals surface area contributed by atoms with Crippen molar-refractivity contribution in [1.82, 2.24) is 24.4 Å². The second kappa shape index (κ2) is 14.0. The zero-order valence-electron chi connectivity index (χ0n) is 24.1. The van der Waals surface area contributed by atoms with Crippen molar-refractivity contribution < 1.29 is 35.6 Å². The molecule has 0 radical (unpaired) electrons. The van der Waals surface area contributed by atoms with Crippen molar-refractivity contribution in [2.24, 2.45) is 0 Å². The molecule has 242 valence electrons. The van der Waals surface area contributed by atoms with Crippen LogP contribution in [-0.2, 0) is 27.5 Å². The highest BCUT2D eigenvalue weighted by molar-refractivity contribution is 7.99. The van der Waals surface area contributed by atoms with Gasteiger partial charge in [-0.15, -0.1) is 10.2 Å². The summed E-state index contributed by atoms with van der Waals surface area (Å²) in [6, 6.07) is 15.0. The summed E-state index contributed by atoms with van der Waals surface area (Å²) in [4.78, 5) is 25.6. The molecule has 1 fully saturated rings. The van der Waals surface area contributed by atoms with Crippen LogP contribution in [0.1, 0.15) is 41.0 Å². The summed E-state index contributed by atoms with van der Waals surface area (Å²) < 4.78 is 82.4. The van der Waals surface area contributed by atoms with Crippen LogP contribution in [0.2, 0.25) is 0 Å². The van der Waals surface area contributed by atoms with Crippen molar-refractivity contribution >= 4 is 39.3 Å². The molecule has 16 heteroatoms. The van der Waals surface area contributed by atoms with Gasteiger partial charge in [-0.05, 0) is 79.6 Å². The number of sulfonamides is 1. The van der Waals surface area contributed by atoms with E-state index in [2.05, 4.69) is 20.8 Å². The van der Waals surface area contributed by atoms with Gasteiger partial charge in [-0.1, -0.05) is 24.2 Å². The molecule has 46 heavy (non-hydrogen) atoms. The first kappa shape index (κ1) is 33.1. The number of aromatic nitrogens is 3. The summed E-state index contributed by atoms with van der Waals surface area (Å²) >= 11 is 0.901. The van der Waals surface area contributed by atoms with Crippen molar-refractivity contribution in [3.05, 3.63) is 95.6 Å². The molecule has 0 spiro atoms. The zero-order valence-corrected chi connectivity index (χ0v) is 25.8. The van der Waals surface area contributed by atoms with Gasteiger partial charge in [-0.25, -0.2) is 12.8 Å². The molecule has 0 atom stereocenters. The minimum absolute atomic E-state index is 0.0535. The Balaban J connectivity index is 1.32. The standard InChI is InChI=1S/C30H28F4N6O4S2/c31-22-9-11-23(12-10-22)36-27(41)19-45-29-38-37-26(40(29)24-6-4-5-21(17-24)30(32,33)34)18-35-28(42)20-7-13-25(14-8-20)46(43,44)39-15-2-1-3-16-39/h4-14,17H,1-3,15-16,18-19H2,(H,35,42)(H,36,41). The lowest BCUT2D eigenvalue weighted by Crippen LogP contribution is -2.35. The molecule has 10 nitrogen and oxygen atoms in total. The number of rotatable bonds is 10. The van der Waals surface area contributed by atoms with Crippen LogP contribution >= 0.6 is 11.8 Å². The molecule has 4 aromatic rings. The molecule has 3 aromatic carbocycles. The molecule has 1 aliphatic heterocycles. The summed E-state index contributed by atoms with van der Waals surface area (Å²) in [6.07, 6.45) is -2.09. The number of thioether (sulfide) groups is 1. The lowest BCUT2D eigenvalue weighted by atomic mass is 10.2. The minimum Gasteiger partial charge on any atom is -0.345 e. The van der Waals surface area contributed by atoms with Gasteiger partial charge in [0.1, 0.15) is 5.82 Å². The average molecular weight is 677 g/mol. The Morgan fingerprint density at radius 1 is 0.913 bits per heavy atom. The molecule has 5 rings (SSSR count). The maximum atomic E-state index is 13.5. The number of benzene rings is 3. The Bertz CT molecular complexity index is 1810. The number of nitrogens with one attached hydrogen (secondary N) is 2. The Morgan fingerprint density at radius 2 is 1.61 bits per heavy atom. The van der Waals surface area contributed by atoms with E-state index in [-0.39, 0.29) is 39.4 Å². The van der Waals surface area contributed by atoms with Gasteiger partial charge < -0.3 is 10.6 Å². The van der Waals surface area contributed by atoms with Gasteiger partial charge in [0.15, 0.2) is 11.0 Å². The maximum Gasteiger partial charge on any atom is 0.416 e. The molecule has 1 aliphatic rings. The second-order valence-electron chi connectivity index (χ2n) is 10.3. The number of carbonyl (C=O) groups excluding carboxylic acids is 2. The van der Waals surface area contributed by atoms with E-state index in [0.717, 1.165) is 43.2 Å². The van der Waals surface area contributed by atoms with Crippen LogP contribution in [0.25, 0.3) is 5.69 Å². The van der Waals surface area contributed by atoms with Crippen molar-refractivity contribution in [1.29, 1.82) is 0 Å². The van der Waals surface area contributed by atoms with Gasteiger partial charge >= 0.3 is 6.18 Å². The molecule has 0 aliphatic carbocycles. The number of amides is 2. The molecular weight excluding hydrogens is 648 g/mol. The normalized spacial score (nSPS) is 14.2. The fourth-order valence-corrected chi connectivity index (χ4v) is 7.03. The largest absolute Gasteiger partial charge is 0.416 e. The van der Waals surface area contributed by atoms with Crippen molar-refractivity contribution in [3.63, 3.8) is 0 Å². The summed E-state index contributed by atoms with van der Waals surface area (Å²) in [6.45, 7) is 0.630. The van der Waals surface area contributed by atoms with Gasteiger partial charge in [0.2, 0.25) is 15.9 Å². The highest BCUT2D eigenvalue weighted by Crippen LogP contribution is 2.32. The molecule has 0 saturated carbocycles. The Kier molecular flexibility index (Phi) is 10.1. The highest BCUT2D eigenvalue weighted by Gasteiger charge is 2.31. The van der Waals surface area contributed by atoms with Gasteiger partial charge in [0.25, 0.3) is 5.91 Å². The number of hydrogen-bond donors (Lipinski definition) is 2. The van der Waals surface area contributed by atoms with E-state index in [1.165, 1.54) is 69.5 Å². The lowest BCUT2D eigenvalue weighted by Gasteiger charge is -2.25. The third-order valence-electron chi connectivity index (χ3n) is 7.07. The van der Waals surface area contributed by atoms with E-state index < -0.39 is 39.4 Å². The van der Waals surface area contributed by atoms with Crippen molar-refractivity contribution in [3.8, 4) is 5.69 Å². The van der Waals surface area contributed by atoms with Gasteiger partial charge in [-0.3, -0.25) is 14.2 Å². The Hall–Kier alpha value is -4.28. The van der Waals surface area contributed by atoms with Crippen molar-refractivity contribution in [2.75, 3.05) is 24.2 Å². The topological polar surface area (TPSA) is 126 Å². The number of carbonyl (C=O) groups is 2. The van der Waals surface area contributed by atoms with Crippen LogP contribution in [0.4, 0.5) is 23.2 Å². The van der Waals surface area contributed by atoms with Crippen molar-refractivity contribution in [2.45, 2.75) is 42.0 Å². The predicted octanol–water partition coefficient (Wildman–Crippen LogP) is 5.26. The Morgan fingerprint density at radius 3 is 2.28 bits per heavy atom. The van der Waals surface area contributed by atoms with Crippen LogP contribution in [0.3, 0.4) is 0 Å². The third kappa shape index (κ3) is 7.92. The summed E-state index contributed by atoms with van der Waals surface area (Å²) in [7, 11) is -3.68. The van der Waals surface area contributed by atoms with Crippen LogP contribution < -0.4 is 10.6 Å². The molecule has 1 aromatic heterocycles. The smallest absolute Gasteiger partial charge is 0.345 e. The first-order valence-electron chi connectivity index (χ1n) is 14.1. The molecule has 0 unspecified atom stereocenters. The number of anilines is 1. The third-order valence-corrected chi connectivity index (χ3v) is 9.91. The highest BCUT2D eigenvalue weighted by atomic mass is 32.2. The number of nitrogens with zero attached hydrogens (tertiary/aromatic N) is 4. The number of alkyl halides is 3. The number of hydrogen-bond acceptors (Lipinski definition) is 7. The summed E-state index contributed by atoms with van der Waals surface area (Å²) in [5, 5.41) is 13.4. The first-order valence-corrected chi connectivity index (χ1v) is 16.5. The van der Waals surface area contributed by atoms with E-state index >= 15 is 0 Å². The minimum atomic E-state index is -4.63. The van der Waals surface area contributed by atoms with Gasteiger partial charge in [-0.2, -0.15) is 17.5 Å². The molecule has 0 bridgehead atoms. The Labute approximate surface area is 266 Å². The fraction of sp³-hybridized carbons (Fsp3) is 0.267. The zero-order chi connectivity index (χ0) is 32.9. The summed E-state index contributed by atoms with van der Waals surface area (Å²) in [5.41, 5.74) is -0.349. The average Bonchev–Trinajstić information content (AvgIpc) is 3.46. The van der Waals surface area contributed by atoms with Crippen LogP contribution in [0, 0.1) is 5.82 Å². The number of halogens is 4. The SMILES string of the molecule is O=C(CSc1nnc(CNC(=O)c2ccc(S(=O)(=O)N3CCCCC3)cc2)n1-c1cccc(C(F)(F)F)c1)Nc1ccc(F)cc1. The van der Waals surface area contributed by atoms with Crippen LogP contribution in [-0.4, -0.2) is 58.1 Å². The molecule has 2 N–H and O–H groups in total. The number of piperidine rings is 1. The van der Waals surface area contributed by atoms with E-state index in [9.17, 15) is 35.6 Å². The first-order chi connectivity index (χ1) is 21.9. The molecule has 2 amide bonds. The summed E-state index contributed by atoms with van der Waals surface area (Å²) in [5.74, 6) is -1.64. The van der Waals surface area contributed by atoms with Crippen LogP contribution in [0.15, 0.2) is 82.8 Å². The van der Waals surface area contributed by atoms with Crippen LogP contribution in [0.5, 0.6) is 0 Å². The van der Waals surface area contributed by atoms with E-state index in [1.807, 2.05) is 0 Å². The molecule has 2 heterocycles. The lowest BCUT2D eigenvalue weighted by molar-refractivity contribution is -0.137. The monoisotopic (exact) mass is 676 g/mol. The quantitative estimate of drug-likeness (QED) is 0.173. The van der Waals surface area contributed by atoms with E-state index in [1.54, 1.807) is 0 Å². The van der Waals surface area contributed by atoms with E-state index in [4.69, 9.17) is 0 Å². The molecular formula is C30H28F4N6O4S2. The van der Waals surface area contributed by atoms with E-state index in [0.29, 0.717) is 18.8 Å². The predicted molar refractivity (Wildman–Crippen MR) is 162 cm³/mol. The maximum absolute atomic E-state index is 13.5.